The monoisotopic (exact) mass is 256 g/mol. The van der Waals surface area contributed by atoms with E-state index in [9.17, 15) is 0 Å². The van der Waals surface area contributed by atoms with Crippen molar-refractivity contribution in [3.63, 3.8) is 0 Å². The Balaban J connectivity index is 1.98. The maximum Gasteiger partial charge on any atom is 0.111 e. The van der Waals surface area contributed by atoms with Crippen LogP contribution in [0.3, 0.4) is 0 Å². The summed E-state index contributed by atoms with van der Waals surface area (Å²) in [7, 11) is 0. The quantitative estimate of drug-likeness (QED) is 0.734. The van der Waals surface area contributed by atoms with Crippen LogP contribution in [0.2, 0.25) is 5.02 Å². The summed E-state index contributed by atoms with van der Waals surface area (Å²) in [6.07, 6.45) is 0.798. The molecule has 0 fully saturated rings. The van der Waals surface area contributed by atoms with E-state index in [0.29, 0.717) is 5.02 Å². The van der Waals surface area contributed by atoms with Gasteiger partial charge in [-0.05, 0) is 24.6 Å². The van der Waals surface area contributed by atoms with Gasteiger partial charge in [0, 0.05) is 6.42 Å². The summed E-state index contributed by atoms with van der Waals surface area (Å²) in [5, 5.41) is 0.694. The highest BCUT2D eigenvalue weighted by Crippen LogP contribution is 2.21. The van der Waals surface area contributed by atoms with E-state index in [4.69, 9.17) is 11.6 Å². The molecule has 0 spiro atoms. The molecule has 0 aliphatic heterocycles. The van der Waals surface area contributed by atoms with Crippen molar-refractivity contribution in [2.45, 2.75) is 13.3 Å². The first-order chi connectivity index (χ1) is 8.72. The van der Waals surface area contributed by atoms with Crippen LogP contribution in [-0.2, 0) is 6.42 Å². The van der Waals surface area contributed by atoms with Gasteiger partial charge in [-0.15, -0.1) is 0 Å². The van der Waals surface area contributed by atoms with Crippen LogP contribution in [-0.4, -0.2) is 9.97 Å². The molecule has 1 aromatic heterocycles. The topological polar surface area (TPSA) is 28.7 Å². The number of aromatic amines is 1. The van der Waals surface area contributed by atoms with E-state index in [1.54, 1.807) is 0 Å². The first kappa shape index (κ1) is 11.3. The number of hydrogen-bond donors (Lipinski definition) is 1. The van der Waals surface area contributed by atoms with Crippen LogP contribution in [0.5, 0.6) is 0 Å². The average Bonchev–Trinajstić information content (AvgIpc) is 2.73. The number of hydrogen-bond acceptors (Lipinski definition) is 1. The maximum atomic E-state index is 6.12. The molecule has 2 nitrogen and oxygen atoms in total. The summed E-state index contributed by atoms with van der Waals surface area (Å²) < 4.78 is 0. The Morgan fingerprint density at radius 1 is 1.17 bits per heavy atom. The number of aromatic nitrogens is 2. The Morgan fingerprint density at radius 3 is 2.78 bits per heavy atom. The number of para-hydroxylation sites is 1. The van der Waals surface area contributed by atoms with Crippen LogP contribution < -0.4 is 0 Å². The van der Waals surface area contributed by atoms with E-state index in [-0.39, 0.29) is 0 Å². The minimum atomic E-state index is 0.694. The molecule has 1 N–H and O–H groups in total. The first-order valence-corrected chi connectivity index (χ1v) is 6.29. The molecule has 0 unspecified atom stereocenters. The van der Waals surface area contributed by atoms with Gasteiger partial charge in [-0.2, -0.15) is 0 Å². The van der Waals surface area contributed by atoms with Crippen molar-refractivity contribution in [1.82, 2.24) is 9.97 Å². The lowest BCUT2D eigenvalue weighted by Gasteiger charge is -1.99. The van der Waals surface area contributed by atoms with E-state index in [0.717, 1.165) is 23.3 Å². The van der Waals surface area contributed by atoms with Gasteiger partial charge in [0.15, 0.2) is 0 Å². The Bertz CT molecular complexity index is 701. The molecule has 90 valence electrons. The Kier molecular flexibility index (Phi) is 2.80. The van der Waals surface area contributed by atoms with E-state index >= 15 is 0 Å². The maximum absolute atomic E-state index is 6.12. The summed E-state index contributed by atoms with van der Waals surface area (Å²) >= 11 is 6.12. The minimum absolute atomic E-state index is 0.694. The van der Waals surface area contributed by atoms with Gasteiger partial charge in [0.1, 0.15) is 11.3 Å². The fourth-order valence-corrected chi connectivity index (χ4v) is 2.36. The molecule has 3 rings (SSSR count). The molecule has 0 saturated carbocycles. The predicted molar refractivity (Wildman–Crippen MR) is 75.1 cm³/mol. The highest BCUT2D eigenvalue weighted by Gasteiger charge is 2.06. The zero-order valence-corrected chi connectivity index (χ0v) is 10.8. The number of halogens is 1. The first-order valence-electron chi connectivity index (χ1n) is 5.91. The van der Waals surface area contributed by atoms with Gasteiger partial charge in [-0.3, -0.25) is 0 Å². The third-order valence-electron chi connectivity index (χ3n) is 2.97. The van der Waals surface area contributed by atoms with Gasteiger partial charge in [-0.25, -0.2) is 4.98 Å². The largest absolute Gasteiger partial charge is 0.342 e. The van der Waals surface area contributed by atoms with Crippen LogP contribution >= 0.6 is 11.6 Å². The summed E-state index contributed by atoms with van der Waals surface area (Å²) in [6.45, 7) is 2.10. The van der Waals surface area contributed by atoms with Crippen molar-refractivity contribution < 1.29 is 0 Å². The lowest BCUT2D eigenvalue weighted by Crippen LogP contribution is -1.90. The number of aryl methyl sites for hydroxylation is 1. The summed E-state index contributed by atoms with van der Waals surface area (Å²) in [6, 6.07) is 14.2. The zero-order valence-electron chi connectivity index (χ0n) is 10.1. The highest BCUT2D eigenvalue weighted by atomic mass is 35.5. The highest BCUT2D eigenvalue weighted by molar-refractivity contribution is 6.34. The van der Waals surface area contributed by atoms with Gasteiger partial charge in [0.25, 0.3) is 0 Å². The second-order valence-electron chi connectivity index (χ2n) is 4.49. The fourth-order valence-electron chi connectivity index (χ4n) is 2.15. The van der Waals surface area contributed by atoms with Gasteiger partial charge < -0.3 is 4.98 Å². The average molecular weight is 257 g/mol. The van der Waals surface area contributed by atoms with E-state index < -0.39 is 0 Å². The molecule has 0 atom stereocenters. The fraction of sp³-hybridized carbons (Fsp3) is 0.133. The normalized spacial score (nSPS) is 11.0. The van der Waals surface area contributed by atoms with Gasteiger partial charge in [0.2, 0.25) is 0 Å². The van der Waals surface area contributed by atoms with E-state index in [2.05, 4.69) is 41.2 Å². The molecule has 0 aliphatic carbocycles. The molecule has 3 heteroatoms. The molecule has 3 aromatic rings. The Labute approximate surface area is 111 Å². The number of nitrogens with one attached hydrogen (secondary N) is 1. The number of fused-ring (bicyclic) bond motifs is 1. The van der Waals surface area contributed by atoms with Crippen LogP contribution in [0.25, 0.3) is 11.0 Å². The van der Waals surface area contributed by atoms with Crippen molar-refractivity contribution in [2.75, 3.05) is 0 Å². The van der Waals surface area contributed by atoms with Crippen molar-refractivity contribution in [3.8, 4) is 0 Å². The number of imidazole rings is 1. The molecule has 0 bridgehead atoms. The van der Waals surface area contributed by atoms with Crippen molar-refractivity contribution >= 4 is 22.6 Å². The molecular weight excluding hydrogens is 244 g/mol. The Hall–Kier alpha value is -1.80. The van der Waals surface area contributed by atoms with Crippen molar-refractivity contribution in [1.29, 1.82) is 0 Å². The molecule has 0 amide bonds. The SMILES string of the molecule is Cc1cccc(Cc2nc3c(Cl)cccc3[nH]2)c1. The Morgan fingerprint density at radius 2 is 2.00 bits per heavy atom. The number of H-pyrrole nitrogens is 1. The third kappa shape index (κ3) is 2.12. The van der Waals surface area contributed by atoms with Crippen molar-refractivity contribution in [3.05, 3.63) is 64.4 Å². The molecule has 0 saturated heterocycles. The van der Waals surface area contributed by atoms with Gasteiger partial charge in [0.05, 0.1) is 10.5 Å². The van der Waals surface area contributed by atoms with Crippen LogP contribution in [0.4, 0.5) is 0 Å². The van der Waals surface area contributed by atoms with Crippen LogP contribution in [0.1, 0.15) is 17.0 Å². The molecule has 0 aliphatic rings. The third-order valence-corrected chi connectivity index (χ3v) is 3.27. The van der Waals surface area contributed by atoms with Crippen LogP contribution in [0.15, 0.2) is 42.5 Å². The lowest BCUT2D eigenvalue weighted by molar-refractivity contribution is 1.04. The molecule has 1 heterocycles. The van der Waals surface area contributed by atoms with Gasteiger partial charge >= 0.3 is 0 Å². The summed E-state index contributed by atoms with van der Waals surface area (Å²) in [5.74, 6) is 0.948. The smallest absolute Gasteiger partial charge is 0.111 e. The van der Waals surface area contributed by atoms with Gasteiger partial charge in [-0.1, -0.05) is 47.5 Å². The zero-order chi connectivity index (χ0) is 12.5. The molecule has 2 aromatic carbocycles. The van der Waals surface area contributed by atoms with E-state index in [1.165, 1.54) is 11.1 Å². The second-order valence-corrected chi connectivity index (χ2v) is 4.89. The number of nitrogens with zero attached hydrogens (tertiary/aromatic N) is 1. The predicted octanol–water partition coefficient (Wildman–Crippen LogP) is 4.12. The number of benzene rings is 2. The molecule has 18 heavy (non-hydrogen) atoms. The van der Waals surface area contributed by atoms with E-state index in [1.807, 2.05) is 18.2 Å². The number of rotatable bonds is 2. The summed E-state index contributed by atoms with van der Waals surface area (Å²) in [4.78, 5) is 7.86. The molecule has 0 radical (unpaired) electrons. The lowest BCUT2D eigenvalue weighted by atomic mass is 10.1. The summed E-state index contributed by atoms with van der Waals surface area (Å²) in [5.41, 5.74) is 4.36. The standard InChI is InChI=1S/C15H13ClN2/c1-10-4-2-5-11(8-10)9-14-17-13-7-3-6-12(16)15(13)18-14/h2-8H,9H2,1H3,(H,17,18). The van der Waals surface area contributed by atoms with Crippen molar-refractivity contribution in [2.24, 2.45) is 0 Å². The molecular formula is C15H13ClN2. The van der Waals surface area contributed by atoms with Crippen LogP contribution in [0, 0.1) is 6.92 Å². The second kappa shape index (κ2) is 4.46. The minimum Gasteiger partial charge on any atom is -0.342 e.